The largest absolute Gasteiger partial charge is 0.456 e. The first-order chi connectivity index (χ1) is 22.3. The number of anilines is 3. The van der Waals surface area contributed by atoms with Crippen molar-refractivity contribution in [2.24, 2.45) is 0 Å². The first kappa shape index (κ1) is 25.8. The third kappa shape index (κ3) is 4.32. The van der Waals surface area contributed by atoms with E-state index in [1.165, 1.54) is 42.4 Å². The molecule has 0 spiro atoms. The van der Waals surface area contributed by atoms with Crippen LogP contribution in [0.15, 0.2) is 168 Å². The second-order valence-electron chi connectivity index (χ2n) is 11.3. The van der Waals surface area contributed by atoms with Crippen LogP contribution in [0, 0.1) is 0 Å². The second kappa shape index (κ2) is 10.5. The van der Waals surface area contributed by atoms with Crippen molar-refractivity contribution in [3.8, 4) is 22.3 Å². The molecule has 0 saturated carbocycles. The van der Waals surface area contributed by atoms with Crippen molar-refractivity contribution in [1.82, 2.24) is 0 Å². The lowest BCUT2D eigenvalue weighted by molar-refractivity contribution is 0.669. The third-order valence-electron chi connectivity index (χ3n) is 8.68. The predicted octanol–water partition coefficient (Wildman–Crippen LogP) is 12.8. The maximum absolute atomic E-state index is 6.39. The topological polar surface area (TPSA) is 16.4 Å². The van der Waals surface area contributed by atoms with E-state index in [4.69, 9.17) is 4.42 Å². The number of para-hydroxylation sites is 1. The molecule has 0 saturated heterocycles. The minimum atomic E-state index is 0.881. The summed E-state index contributed by atoms with van der Waals surface area (Å²) in [6.07, 6.45) is 0. The number of benzene rings is 7. The highest BCUT2D eigenvalue weighted by atomic mass is 32.1. The number of hydrogen-bond acceptors (Lipinski definition) is 3. The van der Waals surface area contributed by atoms with Gasteiger partial charge in [0.15, 0.2) is 0 Å². The van der Waals surface area contributed by atoms with E-state index in [-0.39, 0.29) is 0 Å². The van der Waals surface area contributed by atoms with Gasteiger partial charge >= 0.3 is 0 Å². The van der Waals surface area contributed by atoms with Crippen LogP contribution < -0.4 is 4.90 Å². The van der Waals surface area contributed by atoms with E-state index >= 15 is 0 Å². The quantitative estimate of drug-likeness (QED) is 0.197. The summed E-state index contributed by atoms with van der Waals surface area (Å²) in [5.74, 6) is 0. The van der Waals surface area contributed by atoms with E-state index < -0.39 is 0 Å². The Balaban J connectivity index is 1.31. The fourth-order valence-corrected chi connectivity index (χ4v) is 7.82. The van der Waals surface area contributed by atoms with E-state index in [2.05, 4.69) is 157 Å². The van der Waals surface area contributed by atoms with Crippen molar-refractivity contribution >= 4 is 70.5 Å². The van der Waals surface area contributed by atoms with E-state index in [1.807, 2.05) is 23.5 Å². The normalized spacial score (nSPS) is 11.6. The Morgan fingerprint density at radius 1 is 0.444 bits per heavy atom. The summed E-state index contributed by atoms with van der Waals surface area (Å²) in [7, 11) is 0. The minimum absolute atomic E-state index is 0.881. The molecule has 0 aliphatic rings. The summed E-state index contributed by atoms with van der Waals surface area (Å²) in [6, 6.07) is 58.4. The molecular weight excluding hydrogens is 567 g/mol. The molecule has 7 aromatic carbocycles. The summed E-state index contributed by atoms with van der Waals surface area (Å²) in [6.45, 7) is 0. The number of rotatable bonds is 5. The number of nitrogens with zero attached hydrogens (tertiary/aromatic N) is 1. The molecule has 0 radical (unpaired) electrons. The molecule has 2 heterocycles. The van der Waals surface area contributed by atoms with Crippen molar-refractivity contribution in [2.75, 3.05) is 4.90 Å². The highest BCUT2D eigenvalue weighted by Crippen LogP contribution is 2.48. The van der Waals surface area contributed by atoms with Gasteiger partial charge in [-0.3, -0.25) is 0 Å². The number of furan rings is 1. The highest BCUT2D eigenvalue weighted by Gasteiger charge is 2.22. The molecule has 0 N–H and O–H groups in total. The Bertz CT molecular complexity index is 2470. The molecule has 0 bridgehead atoms. The molecule has 0 fully saturated rings. The molecule has 0 aliphatic heterocycles. The van der Waals surface area contributed by atoms with Gasteiger partial charge in [-0.25, -0.2) is 0 Å². The van der Waals surface area contributed by atoms with Crippen molar-refractivity contribution < 1.29 is 4.42 Å². The van der Waals surface area contributed by atoms with Crippen LogP contribution in [0.1, 0.15) is 0 Å². The summed E-state index contributed by atoms with van der Waals surface area (Å²) < 4.78 is 8.96. The molecule has 0 unspecified atom stereocenters. The monoisotopic (exact) mass is 593 g/mol. The molecule has 3 heteroatoms. The molecule has 9 aromatic rings. The van der Waals surface area contributed by atoms with Gasteiger partial charge in [-0.1, -0.05) is 115 Å². The van der Waals surface area contributed by atoms with Gasteiger partial charge in [0, 0.05) is 48.4 Å². The molecule has 0 amide bonds. The molecule has 9 rings (SSSR count). The molecule has 45 heavy (non-hydrogen) atoms. The van der Waals surface area contributed by atoms with Gasteiger partial charge in [-0.05, 0) is 64.7 Å². The Kier molecular flexibility index (Phi) is 6.03. The first-order valence-electron chi connectivity index (χ1n) is 15.2. The number of hydrogen-bond donors (Lipinski definition) is 0. The van der Waals surface area contributed by atoms with Crippen LogP contribution in [0.25, 0.3) is 64.4 Å². The third-order valence-corrected chi connectivity index (χ3v) is 9.89. The summed E-state index contributed by atoms with van der Waals surface area (Å²) in [4.78, 5) is 2.39. The fourth-order valence-electron chi connectivity index (χ4n) is 6.56. The van der Waals surface area contributed by atoms with E-state index in [0.29, 0.717) is 0 Å². The summed E-state index contributed by atoms with van der Waals surface area (Å²) in [5, 5.41) is 4.78. The maximum atomic E-state index is 6.39. The lowest BCUT2D eigenvalue weighted by atomic mass is 9.99. The fraction of sp³-hybridized carbons (Fsp3) is 0. The lowest BCUT2D eigenvalue weighted by Crippen LogP contribution is -2.10. The van der Waals surface area contributed by atoms with E-state index in [1.54, 1.807) is 0 Å². The van der Waals surface area contributed by atoms with Crippen LogP contribution in [0.4, 0.5) is 17.1 Å². The zero-order chi connectivity index (χ0) is 29.7. The minimum Gasteiger partial charge on any atom is -0.456 e. The van der Waals surface area contributed by atoms with Gasteiger partial charge in [-0.2, -0.15) is 0 Å². The van der Waals surface area contributed by atoms with Crippen LogP contribution in [0.2, 0.25) is 0 Å². The Hall–Kier alpha value is -5.64. The standard InChI is InChI=1S/C42H27NOS/c1-3-11-28(12-4-1)29-19-21-31(22-20-29)43(32-23-24-35-34-15-7-9-17-38(34)44-39(35)27-32)37-26-25-33(30-13-5-2-6-14-30)42-41(37)36-16-8-10-18-40(36)45-42/h1-27H. The van der Waals surface area contributed by atoms with Crippen molar-refractivity contribution in [3.05, 3.63) is 164 Å². The van der Waals surface area contributed by atoms with Crippen molar-refractivity contribution in [2.45, 2.75) is 0 Å². The Morgan fingerprint density at radius 2 is 1.07 bits per heavy atom. The number of thiophene rings is 1. The van der Waals surface area contributed by atoms with E-state index in [0.717, 1.165) is 39.0 Å². The molecule has 2 aromatic heterocycles. The van der Waals surface area contributed by atoms with Gasteiger partial charge in [0.2, 0.25) is 0 Å². The van der Waals surface area contributed by atoms with Gasteiger partial charge in [-0.15, -0.1) is 11.3 Å². The molecule has 212 valence electrons. The molecule has 2 nitrogen and oxygen atoms in total. The smallest absolute Gasteiger partial charge is 0.137 e. The van der Waals surface area contributed by atoms with Gasteiger partial charge in [0.05, 0.1) is 5.69 Å². The Morgan fingerprint density at radius 3 is 1.87 bits per heavy atom. The van der Waals surface area contributed by atoms with E-state index in [9.17, 15) is 0 Å². The zero-order valence-corrected chi connectivity index (χ0v) is 25.2. The van der Waals surface area contributed by atoms with Crippen LogP contribution in [0.3, 0.4) is 0 Å². The summed E-state index contributed by atoms with van der Waals surface area (Å²) >= 11 is 1.87. The predicted molar refractivity (Wildman–Crippen MR) is 192 cm³/mol. The van der Waals surface area contributed by atoms with Gasteiger partial charge in [0.25, 0.3) is 0 Å². The average molecular weight is 594 g/mol. The van der Waals surface area contributed by atoms with Crippen molar-refractivity contribution in [3.63, 3.8) is 0 Å². The molecular formula is C42H27NOS. The SMILES string of the molecule is c1ccc(-c2ccc(N(c3ccc4c(c3)oc3ccccc34)c3ccc(-c4ccccc4)c4sc5ccccc5c34)cc2)cc1. The Labute approximate surface area is 265 Å². The van der Waals surface area contributed by atoms with Gasteiger partial charge < -0.3 is 9.32 Å². The molecule has 0 atom stereocenters. The van der Waals surface area contributed by atoms with Crippen LogP contribution in [-0.2, 0) is 0 Å². The van der Waals surface area contributed by atoms with Crippen LogP contribution in [0.5, 0.6) is 0 Å². The van der Waals surface area contributed by atoms with Crippen LogP contribution >= 0.6 is 11.3 Å². The highest BCUT2D eigenvalue weighted by molar-refractivity contribution is 7.26. The van der Waals surface area contributed by atoms with Gasteiger partial charge in [0.1, 0.15) is 11.2 Å². The molecule has 0 aliphatic carbocycles. The first-order valence-corrected chi connectivity index (χ1v) is 16.0. The van der Waals surface area contributed by atoms with Crippen LogP contribution in [-0.4, -0.2) is 0 Å². The lowest BCUT2D eigenvalue weighted by Gasteiger charge is -2.27. The number of fused-ring (bicyclic) bond motifs is 6. The average Bonchev–Trinajstić information content (AvgIpc) is 3.68. The summed E-state index contributed by atoms with van der Waals surface area (Å²) in [5.41, 5.74) is 9.95. The van der Waals surface area contributed by atoms with Crippen molar-refractivity contribution in [1.29, 1.82) is 0 Å². The second-order valence-corrected chi connectivity index (χ2v) is 12.4. The maximum Gasteiger partial charge on any atom is 0.137 e. The zero-order valence-electron chi connectivity index (χ0n) is 24.4.